The van der Waals surface area contributed by atoms with E-state index in [9.17, 15) is 14.4 Å². The maximum absolute atomic E-state index is 12.9. The van der Waals surface area contributed by atoms with Gasteiger partial charge in [0.1, 0.15) is 11.8 Å². The molecule has 1 aliphatic rings. The molecule has 6 nitrogen and oxygen atoms in total. The fraction of sp³-hybridized carbons (Fsp3) is 0.500. The third-order valence-corrected chi connectivity index (χ3v) is 4.33. The van der Waals surface area contributed by atoms with Gasteiger partial charge in [0.15, 0.2) is 11.4 Å². The minimum Gasteiger partial charge on any atom is -0.476 e. The van der Waals surface area contributed by atoms with E-state index >= 15 is 0 Å². The topological polar surface area (TPSA) is 72.9 Å². The molecule has 0 aliphatic carbocycles. The molecule has 7 heteroatoms. The number of halogens is 1. The van der Waals surface area contributed by atoms with Crippen LogP contribution in [0.4, 0.5) is 5.69 Å². The number of amides is 1. The van der Waals surface area contributed by atoms with Gasteiger partial charge in [-0.05, 0) is 45.4 Å². The highest BCUT2D eigenvalue weighted by Crippen LogP contribution is 2.40. The van der Waals surface area contributed by atoms with Crippen molar-refractivity contribution in [2.45, 2.75) is 51.1 Å². The third-order valence-electron chi connectivity index (χ3n) is 4.13. The summed E-state index contributed by atoms with van der Waals surface area (Å²) in [4.78, 5) is 38.7. The first kappa shape index (κ1) is 19.2. The number of hydrogen-bond donors (Lipinski definition) is 0. The van der Waals surface area contributed by atoms with Gasteiger partial charge in [0.05, 0.1) is 18.2 Å². The summed E-state index contributed by atoms with van der Waals surface area (Å²) in [6.45, 7) is 6.63. The van der Waals surface area contributed by atoms with Crippen LogP contribution in [0, 0.1) is 0 Å². The molecule has 0 N–H and O–H groups in total. The molecule has 1 amide bonds. The first-order chi connectivity index (χ1) is 11.6. The van der Waals surface area contributed by atoms with Crippen LogP contribution in [0.1, 0.15) is 44.5 Å². The Morgan fingerprint density at radius 2 is 2.00 bits per heavy atom. The fourth-order valence-corrected chi connectivity index (χ4v) is 2.92. The highest BCUT2D eigenvalue weighted by Gasteiger charge is 2.45. The number of Topliss-reactive ketones (excluding diaryl/α,β-unsaturated/α-hetero) is 1. The summed E-state index contributed by atoms with van der Waals surface area (Å²) in [5, 5.41) is -0.703. The average Bonchev–Trinajstić information content (AvgIpc) is 2.57. The Hall–Kier alpha value is -2.08. The molecular formula is C18H22ClNO5. The molecule has 1 aromatic rings. The lowest BCUT2D eigenvalue weighted by atomic mass is 9.98. The molecule has 0 bridgehead atoms. The van der Waals surface area contributed by atoms with E-state index in [-0.39, 0.29) is 11.7 Å². The summed E-state index contributed by atoms with van der Waals surface area (Å²) < 4.78 is 10.6. The number of hydrogen-bond acceptors (Lipinski definition) is 5. The Kier molecular flexibility index (Phi) is 5.42. The normalized spacial score (nSPS) is 18.0. The molecule has 0 saturated carbocycles. The lowest BCUT2D eigenvalue weighted by molar-refractivity contribution is -0.145. The molecule has 1 aliphatic heterocycles. The number of ketones is 1. The summed E-state index contributed by atoms with van der Waals surface area (Å²) in [5.41, 5.74) is -0.424. The van der Waals surface area contributed by atoms with Crippen LogP contribution in [-0.2, 0) is 14.3 Å². The molecule has 0 fully saturated rings. The Labute approximate surface area is 152 Å². The predicted octanol–water partition coefficient (Wildman–Crippen LogP) is 2.95. The van der Waals surface area contributed by atoms with Crippen molar-refractivity contribution in [3.05, 3.63) is 23.8 Å². The summed E-state index contributed by atoms with van der Waals surface area (Å²) in [6, 6.07) is 3.95. The summed E-state index contributed by atoms with van der Waals surface area (Å²) in [5.74, 6) is -0.749. The first-order valence-corrected chi connectivity index (χ1v) is 8.50. The van der Waals surface area contributed by atoms with Crippen molar-refractivity contribution in [1.82, 2.24) is 0 Å². The van der Waals surface area contributed by atoms with Crippen molar-refractivity contribution in [1.29, 1.82) is 0 Å². The van der Waals surface area contributed by atoms with Gasteiger partial charge in [0.2, 0.25) is 0 Å². The number of rotatable bonds is 5. The zero-order valence-electron chi connectivity index (χ0n) is 15.0. The number of anilines is 1. The number of ether oxygens (including phenoxy) is 2. The molecule has 0 saturated heterocycles. The zero-order valence-corrected chi connectivity index (χ0v) is 15.7. The second-order valence-corrected chi connectivity index (χ2v) is 7.05. The molecule has 2 atom stereocenters. The maximum atomic E-state index is 12.9. The molecule has 2 unspecified atom stereocenters. The second kappa shape index (κ2) is 7.04. The number of methoxy groups -OCH3 is 1. The van der Waals surface area contributed by atoms with Crippen LogP contribution < -0.4 is 9.64 Å². The van der Waals surface area contributed by atoms with E-state index in [2.05, 4.69) is 0 Å². The van der Waals surface area contributed by atoms with Crippen LogP contribution in [0.3, 0.4) is 0 Å². The van der Waals surface area contributed by atoms with Crippen LogP contribution in [0.25, 0.3) is 0 Å². The van der Waals surface area contributed by atoms with Crippen LogP contribution in [0.5, 0.6) is 5.75 Å². The monoisotopic (exact) mass is 367 g/mol. The molecule has 1 heterocycles. The van der Waals surface area contributed by atoms with E-state index in [1.807, 2.05) is 0 Å². The highest BCUT2D eigenvalue weighted by atomic mass is 35.5. The lowest BCUT2D eigenvalue weighted by Crippen LogP contribution is -2.58. The Bertz CT molecular complexity index is 713. The van der Waals surface area contributed by atoms with Crippen LogP contribution in [0.15, 0.2) is 18.2 Å². The zero-order chi connectivity index (χ0) is 18.9. The van der Waals surface area contributed by atoms with Crippen molar-refractivity contribution in [2.24, 2.45) is 0 Å². The highest BCUT2D eigenvalue weighted by molar-refractivity contribution is 6.33. The first-order valence-electron chi connectivity index (χ1n) is 8.06. The Balaban J connectivity index is 2.62. The fourth-order valence-electron chi connectivity index (χ4n) is 2.79. The molecule has 1 aromatic carbocycles. The van der Waals surface area contributed by atoms with Crippen LogP contribution >= 0.6 is 11.6 Å². The van der Waals surface area contributed by atoms with E-state index in [0.29, 0.717) is 23.4 Å². The van der Waals surface area contributed by atoms with Gasteiger partial charge in [0, 0.05) is 5.56 Å². The molecule has 0 aromatic heterocycles. The molecule has 0 spiro atoms. The third kappa shape index (κ3) is 3.49. The number of benzene rings is 1. The van der Waals surface area contributed by atoms with Crippen molar-refractivity contribution >= 4 is 34.9 Å². The lowest BCUT2D eigenvalue weighted by Gasteiger charge is -2.41. The van der Waals surface area contributed by atoms with Gasteiger partial charge in [-0.3, -0.25) is 14.5 Å². The number of nitrogens with zero attached hydrogens (tertiary/aromatic N) is 1. The Morgan fingerprint density at radius 1 is 1.36 bits per heavy atom. The molecule has 136 valence electrons. The number of carbonyl (C=O) groups is 3. The number of alkyl halides is 1. The molecule has 0 radical (unpaired) electrons. The SMILES string of the molecule is CCC(C(=O)OC)N1C(=O)C(C)(C)Oc2ccc(C(=O)C(C)Cl)cc21. The van der Waals surface area contributed by atoms with Crippen molar-refractivity contribution < 1.29 is 23.9 Å². The van der Waals surface area contributed by atoms with Gasteiger partial charge in [-0.2, -0.15) is 0 Å². The maximum Gasteiger partial charge on any atom is 0.328 e. The molecule has 25 heavy (non-hydrogen) atoms. The van der Waals surface area contributed by atoms with E-state index in [0.717, 1.165) is 0 Å². The van der Waals surface area contributed by atoms with Gasteiger partial charge >= 0.3 is 5.97 Å². The average molecular weight is 368 g/mol. The van der Waals surface area contributed by atoms with E-state index in [1.165, 1.54) is 18.1 Å². The Morgan fingerprint density at radius 3 is 2.52 bits per heavy atom. The molecular weight excluding hydrogens is 346 g/mol. The summed E-state index contributed by atoms with van der Waals surface area (Å²) >= 11 is 5.88. The second-order valence-electron chi connectivity index (χ2n) is 6.40. The number of carbonyl (C=O) groups excluding carboxylic acids is 3. The van der Waals surface area contributed by atoms with Crippen molar-refractivity contribution in [2.75, 3.05) is 12.0 Å². The number of esters is 1. The van der Waals surface area contributed by atoms with Crippen molar-refractivity contribution in [3.63, 3.8) is 0 Å². The van der Waals surface area contributed by atoms with Gasteiger partial charge < -0.3 is 9.47 Å². The largest absolute Gasteiger partial charge is 0.476 e. The smallest absolute Gasteiger partial charge is 0.328 e. The van der Waals surface area contributed by atoms with E-state index < -0.39 is 23.0 Å². The standard InChI is InChI=1S/C18H22ClNO5/c1-6-12(16(22)24-5)20-13-9-11(15(21)10(2)19)7-8-14(13)25-18(3,4)17(20)23/h7-10,12H,6H2,1-5H3. The van der Waals surface area contributed by atoms with Crippen LogP contribution in [-0.4, -0.2) is 41.8 Å². The quantitative estimate of drug-likeness (QED) is 0.454. The van der Waals surface area contributed by atoms with Crippen LogP contribution in [0.2, 0.25) is 0 Å². The summed E-state index contributed by atoms with van der Waals surface area (Å²) in [6.07, 6.45) is 0.359. The van der Waals surface area contributed by atoms with Gasteiger partial charge in [-0.25, -0.2) is 4.79 Å². The number of fused-ring (bicyclic) bond motifs is 1. The van der Waals surface area contributed by atoms with Gasteiger partial charge in [0.25, 0.3) is 5.91 Å². The van der Waals surface area contributed by atoms with Gasteiger partial charge in [-0.1, -0.05) is 6.92 Å². The van der Waals surface area contributed by atoms with Crippen molar-refractivity contribution in [3.8, 4) is 5.75 Å². The van der Waals surface area contributed by atoms with E-state index in [1.54, 1.807) is 39.8 Å². The van der Waals surface area contributed by atoms with Gasteiger partial charge in [-0.15, -0.1) is 11.6 Å². The minimum atomic E-state index is -1.14. The molecule has 2 rings (SSSR count). The van der Waals surface area contributed by atoms with E-state index in [4.69, 9.17) is 21.1 Å². The predicted molar refractivity (Wildman–Crippen MR) is 94.4 cm³/mol. The minimum absolute atomic E-state index is 0.271. The summed E-state index contributed by atoms with van der Waals surface area (Å²) in [7, 11) is 1.27.